The van der Waals surface area contributed by atoms with Crippen molar-refractivity contribution in [2.75, 3.05) is 13.6 Å². The first-order chi connectivity index (χ1) is 11.4. The smallest absolute Gasteiger partial charge is 0.400 e. The number of nitrogens with zero attached hydrogens (tertiary/aromatic N) is 1. The van der Waals surface area contributed by atoms with E-state index in [0.29, 0.717) is 12.0 Å². The second-order valence-corrected chi connectivity index (χ2v) is 7.33. The van der Waals surface area contributed by atoms with Crippen molar-refractivity contribution in [3.05, 3.63) is 34.0 Å². The van der Waals surface area contributed by atoms with Crippen LogP contribution in [0.4, 0.5) is 13.2 Å². The first-order valence-corrected chi connectivity index (χ1v) is 8.19. The minimum absolute atomic E-state index is 0.223. The fraction of sp³-hybridized carbons (Fsp3) is 0.562. The van der Waals surface area contributed by atoms with Gasteiger partial charge >= 0.3 is 13.3 Å². The Morgan fingerprint density at radius 1 is 1.24 bits per heavy atom. The third-order valence-corrected chi connectivity index (χ3v) is 4.59. The molecule has 4 nitrogen and oxygen atoms in total. The Morgan fingerprint density at radius 2 is 1.80 bits per heavy atom. The zero-order valence-corrected chi connectivity index (χ0v) is 15.5. The van der Waals surface area contributed by atoms with E-state index in [1.807, 2.05) is 27.7 Å². The molecule has 2 rings (SSSR count). The molecule has 0 aromatic carbocycles. The first-order valence-electron chi connectivity index (χ1n) is 7.81. The topological polar surface area (TPSA) is 43.4 Å². The van der Waals surface area contributed by atoms with Crippen molar-refractivity contribution in [2.45, 2.75) is 45.1 Å². The lowest BCUT2D eigenvalue weighted by Crippen LogP contribution is -2.41. The van der Waals surface area contributed by atoms with E-state index >= 15 is 0 Å². The van der Waals surface area contributed by atoms with Gasteiger partial charge in [-0.05, 0) is 57.9 Å². The maximum absolute atomic E-state index is 12.9. The summed E-state index contributed by atoms with van der Waals surface area (Å²) in [6, 6.07) is 2.32. The van der Waals surface area contributed by atoms with Crippen LogP contribution in [0.5, 0.6) is 0 Å². The van der Waals surface area contributed by atoms with E-state index in [1.165, 1.54) is 6.07 Å². The quantitative estimate of drug-likeness (QED) is 0.637. The van der Waals surface area contributed by atoms with Crippen LogP contribution in [-0.4, -0.2) is 36.9 Å². The van der Waals surface area contributed by atoms with Gasteiger partial charge in [-0.15, -0.1) is 0 Å². The van der Waals surface area contributed by atoms with Gasteiger partial charge in [-0.3, -0.25) is 0 Å². The Labute approximate surface area is 150 Å². The van der Waals surface area contributed by atoms with Gasteiger partial charge in [0, 0.05) is 6.54 Å². The lowest BCUT2D eigenvalue weighted by molar-refractivity contribution is -0.141. The summed E-state index contributed by atoms with van der Waals surface area (Å²) < 4.78 is 50.8. The molecule has 1 aromatic rings. The van der Waals surface area contributed by atoms with Crippen LogP contribution in [0.3, 0.4) is 0 Å². The van der Waals surface area contributed by atoms with Gasteiger partial charge in [0.15, 0.2) is 0 Å². The van der Waals surface area contributed by atoms with Gasteiger partial charge in [0.05, 0.1) is 11.2 Å². The molecule has 0 atom stereocenters. The molecule has 1 N–H and O–H groups in total. The van der Waals surface area contributed by atoms with E-state index < -0.39 is 30.2 Å². The van der Waals surface area contributed by atoms with Gasteiger partial charge in [-0.1, -0.05) is 17.7 Å². The summed E-state index contributed by atoms with van der Waals surface area (Å²) in [4.78, 5) is 3.34. The van der Waals surface area contributed by atoms with Crippen LogP contribution in [0.1, 0.15) is 39.0 Å². The summed E-state index contributed by atoms with van der Waals surface area (Å²) >= 11 is 5.75. The highest BCUT2D eigenvalue weighted by molar-refractivity contribution is 6.56. The molecule has 2 heterocycles. The predicted octanol–water partition coefficient (Wildman–Crippen LogP) is 3.99. The van der Waals surface area contributed by atoms with Crippen LogP contribution in [-0.2, 0) is 15.5 Å². The summed E-state index contributed by atoms with van der Waals surface area (Å²) in [6.45, 7) is 8.03. The van der Waals surface area contributed by atoms with E-state index in [9.17, 15) is 13.2 Å². The Hall–Kier alpha value is -1.09. The van der Waals surface area contributed by atoms with E-state index in [0.717, 1.165) is 6.07 Å². The molecule has 1 aliphatic rings. The average molecular weight is 377 g/mol. The van der Waals surface area contributed by atoms with Crippen molar-refractivity contribution in [2.24, 2.45) is 0 Å². The van der Waals surface area contributed by atoms with Crippen LogP contribution < -0.4 is 5.32 Å². The van der Waals surface area contributed by atoms with Gasteiger partial charge in [-0.25, -0.2) is 4.98 Å². The maximum Gasteiger partial charge on any atom is 0.491 e. The molecule has 0 unspecified atom stereocenters. The fourth-order valence-electron chi connectivity index (χ4n) is 2.36. The van der Waals surface area contributed by atoms with Gasteiger partial charge in [-0.2, -0.15) is 13.2 Å². The standard InChI is InChI=1S/C16H21BClF3N2O2/c1-14(2)15(3,4)25-17(24-14)11(9-22-5)6-10-7-12(16(19,20)21)23-13(18)8-10/h6-8,22H,9H2,1-5H3. The molecule has 1 fully saturated rings. The summed E-state index contributed by atoms with van der Waals surface area (Å²) in [5, 5.41) is 2.76. The van der Waals surface area contributed by atoms with Crippen molar-refractivity contribution in [1.82, 2.24) is 10.3 Å². The number of likely N-dealkylation sites (N-methyl/N-ethyl adjacent to an activating group) is 1. The highest BCUT2D eigenvalue weighted by Gasteiger charge is 2.52. The molecule has 0 spiro atoms. The number of nitrogens with one attached hydrogen (secondary N) is 1. The Morgan fingerprint density at radius 3 is 2.28 bits per heavy atom. The Bertz CT molecular complexity index is 662. The molecule has 1 aliphatic heterocycles. The molecule has 9 heteroatoms. The Balaban J connectivity index is 2.40. The molecule has 0 aliphatic carbocycles. The van der Waals surface area contributed by atoms with E-state index in [1.54, 1.807) is 13.1 Å². The molecule has 138 valence electrons. The van der Waals surface area contributed by atoms with Crippen molar-refractivity contribution in [3.63, 3.8) is 0 Å². The van der Waals surface area contributed by atoms with Crippen molar-refractivity contribution in [1.29, 1.82) is 0 Å². The van der Waals surface area contributed by atoms with Crippen molar-refractivity contribution in [3.8, 4) is 0 Å². The van der Waals surface area contributed by atoms with Gasteiger partial charge in [0.25, 0.3) is 0 Å². The summed E-state index contributed by atoms with van der Waals surface area (Å²) in [5.41, 5.74) is -1.18. The molecular weight excluding hydrogens is 355 g/mol. The molecule has 1 aromatic heterocycles. The van der Waals surface area contributed by atoms with Crippen LogP contribution in [0.2, 0.25) is 5.15 Å². The minimum Gasteiger partial charge on any atom is -0.400 e. The SMILES string of the molecule is CNCC(=Cc1cc(Cl)nc(C(F)(F)F)c1)B1OC(C)(C)C(C)(C)O1. The summed E-state index contributed by atoms with van der Waals surface area (Å²) in [5.74, 6) is 0. The van der Waals surface area contributed by atoms with E-state index in [-0.39, 0.29) is 10.7 Å². The highest BCUT2D eigenvalue weighted by atomic mass is 35.5. The highest BCUT2D eigenvalue weighted by Crippen LogP contribution is 2.39. The number of rotatable bonds is 4. The number of pyridine rings is 1. The number of aromatic nitrogens is 1. The number of halogens is 4. The second-order valence-electron chi connectivity index (χ2n) is 6.94. The monoisotopic (exact) mass is 376 g/mol. The second kappa shape index (κ2) is 6.91. The third-order valence-electron chi connectivity index (χ3n) is 4.40. The van der Waals surface area contributed by atoms with Crippen LogP contribution in [0.15, 0.2) is 17.6 Å². The Kier molecular flexibility index (Phi) is 5.59. The van der Waals surface area contributed by atoms with Crippen LogP contribution in [0, 0.1) is 0 Å². The van der Waals surface area contributed by atoms with Gasteiger partial charge in [0.1, 0.15) is 10.8 Å². The molecule has 1 saturated heterocycles. The minimum atomic E-state index is -4.57. The van der Waals surface area contributed by atoms with E-state index in [4.69, 9.17) is 20.9 Å². The third kappa shape index (κ3) is 4.55. The summed E-state index contributed by atoms with van der Waals surface area (Å²) in [7, 11) is 1.07. The van der Waals surface area contributed by atoms with Gasteiger partial charge < -0.3 is 14.6 Å². The molecule has 0 bridgehead atoms. The molecule has 25 heavy (non-hydrogen) atoms. The average Bonchev–Trinajstić information content (AvgIpc) is 2.65. The largest absolute Gasteiger partial charge is 0.491 e. The molecule has 0 amide bonds. The molecule has 0 radical (unpaired) electrons. The zero-order valence-electron chi connectivity index (χ0n) is 14.8. The zero-order chi connectivity index (χ0) is 19.0. The lowest BCUT2D eigenvalue weighted by atomic mass is 9.77. The number of hydrogen-bond acceptors (Lipinski definition) is 4. The van der Waals surface area contributed by atoms with Crippen molar-refractivity contribution >= 4 is 24.8 Å². The molecular formula is C16H21BClF3N2O2. The summed E-state index contributed by atoms with van der Waals surface area (Å²) in [6.07, 6.45) is -2.98. The van der Waals surface area contributed by atoms with Gasteiger partial charge in [0.2, 0.25) is 0 Å². The normalized spacial score (nSPS) is 20.2. The first kappa shape index (κ1) is 20.2. The fourth-order valence-corrected chi connectivity index (χ4v) is 2.58. The maximum atomic E-state index is 12.9. The number of alkyl halides is 3. The van der Waals surface area contributed by atoms with E-state index in [2.05, 4.69) is 10.3 Å². The van der Waals surface area contributed by atoms with Crippen LogP contribution >= 0.6 is 11.6 Å². The lowest BCUT2D eigenvalue weighted by Gasteiger charge is -2.32. The van der Waals surface area contributed by atoms with Crippen molar-refractivity contribution < 1.29 is 22.5 Å². The molecule has 0 saturated carbocycles. The predicted molar refractivity (Wildman–Crippen MR) is 92.2 cm³/mol. The van der Waals surface area contributed by atoms with Crippen LogP contribution in [0.25, 0.3) is 6.08 Å². The number of hydrogen-bond donors (Lipinski definition) is 1.